The molecule has 1 saturated heterocycles. The van der Waals surface area contributed by atoms with Gasteiger partial charge in [-0.1, -0.05) is 36.4 Å². The fraction of sp³-hybridized carbons (Fsp3) is 0.367. The minimum absolute atomic E-state index is 0.0666. The second-order valence-electron chi connectivity index (χ2n) is 10.0. The molecule has 11 heteroatoms. The van der Waals surface area contributed by atoms with Gasteiger partial charge in [0.15, 0.2) is 5.69 Å². The molecule has 41 heavy (non-hydrogen) atoms. The Balaban J connectivity index is 1.53. The summed E-state index contributed by atoms with van der Waals surface area (Å²) in [5, 5.41) is 2.10. The zero-order valence-electron chi connectivity index (χ0n) is 22.7. The molecule has 3 aliphatic heterocycles. The molecule has 0 aliphatic carbocycles. The summed E-state index contributed by atoms with van der Waals surface area (Å²) in [6.45, 7) is 0.442. The van der Waals surface area contributed by atoms with Gasteiger partial charge in [0, 0.05) is 23.7 Å². The van der Waals surface area contributed by atoms with Gasteiger partial charge in [0.2, 0.25) is 18.0 Å². The van der Waals surface area contributed by atoms with Gasteiger partial charge in [-0.3, -0.25) is 19.3 Å². The highest BCUT2D eigenvalue weighted by molar-refractivity contribution is 7.99. The lowest BCUT2D eigenvalue weighted by atomic mass is 9.94. The number of benzene rings is 2. The minimum Gasteiger partial charge on any atom is -0.451 e. The van der Waals surface area contributed by atoms with Gasteiger partial charge in [-0.25, -0.2) is 4.79 Å². The molecule has 10 nitrogen and oxygen atoms in total. The summed E-state index contributed by atoms with van der Waals surface area (Å²) < 4.78 is 22.6. The lowest BCUT2D eigenvalue weighted by molar-refractivity contribution is -0.0208. The Kier molecular flexibility index (Phi) is 7.89. The van der Waals surface area contributed by atoms with Crippen LogP contribution in [0.3, 0.4) is 0 Å². The van der Waals surface area contributed by atoms with Crippen molar-refractivity contribution < 1.29 is 28.5 Å². The Morgan fingerprint density at radius 1 is 1.07 bits per heavy atom. The molecule has 1 aromatic heterocycles. The number of ether oxygens (including phenoxy) is 4. The number of carbonyl (C=O) groups is 2. The Hall–Kier alpha value is -3.96. The highest BCUT2D eigenvalue weighted by atomic mass is 32.2. The fourth-order valence-electron chi connectivity index (χ4n) is 5.67. The predicted molar refractivity (Wildman–Crippen MR) is 152 cm³/mol. The maximum Gasteiger partial charge on any atom is 0.510 e. The number of rotatable bonds is 4. The first-order chi connectivity index (χ1) is 20.0. The number of nitrogens with zero attached hydrogens (tertiary/aromatic N) is 3. The molecule has 0 radical (unpaired) electrons. The zero-order chi connectivity index (χ0) is 28.3. The molecule has 0 N–H and O–H groups in total. The summed E-state index contributed by atoms with van der Waals surface area (Å²) in [6, 6.07) is 18.1. The molecule has 1 amide bonds. The van der Waals surface area contributed by atoms with Gasteiger partial charge in [0.25, 0.3) is 5.91 Å². The Bertz CT molecular complexity index is 1460. The van der Waals surface area contributed by atoms with Crippen molar-refractivity contribution in [1.29, 1.82) is 0 Å². The summed E-state index contributed by atoms with van der Waals surface area (Å²) in [7, 11) is 1.17. The van der Waals surface area contributed by atoms with Crippen LogP contribution in [0.25, 0.3) is 0 Å². The lowest BCUT2D eigenvalue weighted by Gasteiger charge is -2.51. The third-order valence-corrected chi connectivity index (χ3v) is 8.62. The average Bonchev–Trinajstić information content (AvgIpc) is 2.99. The Morgan fingerprint density at radius 3 is 2.76 bits per heavy atom. The van der Waals surface area contributed by atoms with Crippen molar-refractivity contribution in [3.8, 4) is 5.75 Å². The van der Waals surface area contributed by atoms with Crippen LogP contribution in [-0.2, 0) is 20.6 Å². The van der Waals surface area contributed by atoms with Crippen molar-refractivity contribution >= 4 is 23.8 Å². The van der Waals surface area contributed by atoms with Crippen LogP contribution in [0.1, 0.15) is 46.1 Å². The average molecular weight is 578 g/mol. The first-order valence-corrected chi connectivity index (χ1v) is 14.6. The minimum atomic E-state index is -0.957. The zero-order valence-corrected chi connectivity index (χ0v) is 23.5. The van der Waals surface area contributed by atoms with Crippen molar-refractivity contribution in [2.24, 2.45) is 0 Å². The van der Waals surface area contributed by atoms with E-state index >= 15 is 0 Å². The van der Waals surface area contributed by atoms with Crippen LogP contribution >= 0.6 is 11.8 Å². The Labute approximate surface area is 241 Å². The van der Waals surface area contributed by atoms with Crippen LogP contribution in [0.2, 0.25) is 0 Å². The molecule has 1 fully saturated rings. The smallest absolute Gasteiger partial charge is 0.451 e. The van der Waals surface area contributed by atoms with Gasteiger partial charge in [-0.05, 0) is 53.8 Å². The molecule has 6 rings (SSSR count). The number of thioether (sulfide) groups is 1. The van der Waals surface area contributed by atoms with Crippen LogP contribution in [-0.4, -0.2) is 67.2 Å². The molecule has 2 atom stereocenters. The van der Waals surface area contributed by atoms with E-state index in [2.05, 4.69) is 58.3 Å². The first-order valence-electron chi connectivity index (χ1n) is 13.6. The van der Waals surface area contributed by atoms with E-state index in [1.807, 2.05) is 11.8 Å². The number of methoxy groups -OCH3 is 1. The van der Waals surface area contributed by atoms with Gasteiger partial charge >= 0.3 is 6.16 Å². The molecule has 2 unspecified atom stereocenters. The Morgan fingerprint density at radius 2 is 1.90 bits per heavy atom. The number of fused-ring (bicyclic) bond motifs is 6. The van der Waals surface area contributed by atoms with E-state index in [0.717, 1.165) is 36.1 Å². The van der Waals surface area contributed by atoms with E-state index in [0.29, 0.717) is 19.8 Å². The molecular weight excluding hydrogens is 546 g/mol. The van der Waals surface area contributed by atoms with Crippen molar-refractivity contribution in [3.05, 3.63) is 93.4 Å². The van der Waals surface area contributed by atoms with Crippen molar-refractivity contribution in [1.82, 2.24) is 9.58 Å². The maximum atomic E-state index is 13.9. The topological polar surface area (TPSA) is 99.5 Å². The van der Waals surface area contributed by atoms with Crippen molar-refractivity contribution in [2.45, 2.75) is 36.4 Å². The van der Waals surface area contributed by atoms with Gasteiger partial charge in [0.1, 0.15) is 6.17 Å². The quantitative estimate of drug-likeness (QED) is 0.337. The van der Waals surface area contributed by atoms with E-state index in [-0.39, 0.29) is 23.4 Å². The molecule has 4 heterocycles. The molecule has 4 bridgehead atoms. The van der Waals surface area contributed by atoms with E-state index < -0.39 is 24.5 Å². The number of aryl methyl sites for hydroxylation is 1. The number of hydrogen-bond donors (Lipinski definition) is 0. The normalized spacial score (nSPS) is 20.2. The third-order valence-electron chi connectivity index (χ3n) is 7.54. The summed E-state index contributed by atoms with van der Waals surface area (Å²) in [5.74, 6) is 0.489. The standard InChI is InChI=1S/C30H31N3O7S/c1-37-30(36)40-19-39-28-24(34)11-12-32-27(28)29(35)31-13-14-38-18-25(31)33(32)26-21-8-4-7-20(16-21)6-2-3-15-41-23-10-5-9-22(26)17-23/h4-5,7-12,16-17,25-26H,2-3,6,13-15,18-19H2,1H3. The van der Waals surface area contributed by atoms with E-state index in [1.165, 1.54) is 23.6 Å². The third kappa shape index (κ3) is 5.39. The first kappa shape index (κ1) is 27.2. The molecule has 2 aromatic carbocycles. The number of aromatic nitrogens is 1. The molecule has 3 aromatic rings. The van der Waals surface area contributed by atoms with Crippen LogP contribution in [0.5, 0.6) is 5.75 Å². The van der Waals surface area contributed by atoms with Crippen molar-refractivity contribution in [3.63, 3.8) is 0 Å². The van der Waals surface area contributed by atoms with Crippen LogP contribution in [0, 0.1) is 0 Å². The summed E-state index contributed by atoms with van der Waals surface area (Å²) in [5.41, 5.74) is 2.93. The number of carbonyl (C=O) groups excluding carboxylic acids is 2. The van der Waals surface area contributed by atoms with E-state index in [1.54, 1.807) is 15.8 Å². The largest absolute Gasteiger partial charge is 0.510 e. The summed E-state index contributed by atoms with van der Waals surface area (Å²) in [6.07, 6.45) is 3.42. The van der Waals surface area contributed by atoms with E-state index in [9.17, 15) is 14.4 Å². The predicted octanol–water partition coefficient (Wildman–Crippen LogP) is 3.94. The monoisotopic (exact) mass is 577 g/mol. The summed E-state index contributed by atoms with van der Waals surface area (Å²) in [4.78, 5) is 41.4. The highest BCUT2D eigenvalue weighted by Gasteiger charge is 2.45. The number of amides is 1. The maximum absolute atomic E-state index is 13.9. The fourth-order valence-corrected chi connectivity index (χ4v) is 6.65. The van der Waals surface area contributed by atoms with Gasteiger partial charge in [-0.2, -0.15) is 0 Å². The van der Waals surface area contributed by atoms with Crippen LogP contribution in [0.15, 0.2) is 70.5 Å². The van der Waals surface area contributed by atoms with E-state index in [4.69, 9.17) is 14.2 Å². The van der Waals surface area contributed by atoms with Crippen molar-refractivity contribution in [2.75, 3.05) is 44.4 Å². The highest BCUT2D eigenvalue weighted by Crippen LogP contribution is 2.38. The van der Waals surface area contributed by atoms with Gasteiger partial charge in [-0.15, -0.1) is 11.8 Å². The van der Waals surface area contributed by atoms with Gasteiger partial charge < -0.3 is 23.8 Å². The SMILES string of the molecule is COC(=O)OCOc1c2n(ccc1=O)N(C1c3cccc(c3)CCCCSc3cccc1c3)C1COCCN1C2=O. The number of morpholine rings is 1. The second-order valence-corrected chi connectivity index (χ2v) is 11.2. The molecular formula is C30H31N3O7S. The number of hydrogen-bond acceptors (Lipinski definition) is 9. The van der Waals surface area contributed by atoms with Crippen LogP contribution < -0.4 is 15.2 Å². The number of pyridine rings is 1. The lowest BCUT2D eigenvalue weighted by Crippen LogP contribution is -2.66. The molecule has 0 saturated carbocycles. The second kappa shape index (κ2) is 11.9. The molecule has 214 valence electrons. The van der Waals surface area contributed by atoms with Gasteiger partial charge in [0.05, 0.1) is 26.4 Å². The van der Waals surface area contributed by atoms with Crippen LogP contribution in [0.4, 0.5) is 4.79 Å². The molecule has 3 aliphatic rings. The summed E-state index contributed by atoms with van der Waals surface area (Å²) >= 11 is 1.84. The molecule has 0 spiro atoms.